The number of nitrogens with zero attached hydrogens (tertiary/aromatic N) is 1. The predicted octanol–water partition coefficient (Wildman–Crippen LogP) is 3.48. The minimum absolute atomic E-state index is 0.841. The van der Waals surface area contributed by atoms with Crippen molar-refractivity contribution in [1.29, 1.82) is 0 Å². The zero-order valence-corrected chi connectivity index (χ0v) is 11.8. The van der Waals surface area contributed by atoms with E-state index in [2.05, 4.69) is 46.5 Å². The van der Waals surface area contributed by atoms with Gasteiger partial charge < -0.3 is 10.3 Å². The van der Waals surface area contributed by atoms with Crippen molar-refractivity contribution in [3.63, 3.8) is 0 Å². The Morgan fingerprint density at radius 3 is 3.05 bits per heavy atom. The van der Waals surface area contributed by atoms with Crippen molar-refractivity contribution in [3.05, 3.63) is 52.1 Å². The first-order chi connectivity index (χ1) is 9.35. The molecular weight excluding hydrogens is 254 g/mol. The number of H-pyrrole nitrogens is 1. The van der Waals surface area contributed by atoms with Crippen molar-refractivity contribution in [1.82, 2.24) is 15.3 Å². The smallest absolute Gasteiger partial charge is 0.107 e. The molecule has 0 saturated carbocycles. The fourth-order valence-electron chi connectivity index (χ4n) is 2.11. The molecule has 3 aromatic rings. The molecule has 0 fully saturated rings. The SMILES string of the molecule is CCc1cnc(CNCc2ccc3cc[nH]c3c2)s1. The normalized spacial score (nSPS) is 11.2. The Morgan fingerprint density at radius 1 is 1.26 bits per heavy atom. The van der Waals surface area contributed by atoms with E-state index < -0.39 is 0 Å². The fraction of sp³-hybridized carbons (Fsp3) is 0.267. The molecule has 98 valence electrons. The maximum atomic E-state index is 4.41. The molecule has 0 spiro atoms. The van der Waals surface area contributed by atoms with Gasteiger partial charge in [0.1, 0.15) is 5.01 Å². The monoisotopic (exact) mass is 271 g/mol. The van der Waals surface area contributed by atoms with Gasteiger partial charge in [-0.2, -0.15) is 0 Å². The lowest BCUT2D eigenvalue weighted by molar-refractivity contribution is 0.690. The summed E-state index contributed by atoms with van der Waals surface area (Å²) in [5.74, 6) is 0. The molecule has 4 heteroatoms. The highest BCUT2D eigenvalue weighted by molar-refractivity contribution is 7.11. The number of aromatic amines is 1. The molecule has 0 saturated heterocycles. The second-order valence-electron chi connectivity index (χ2n) is 4.58. The molecule has 2 heterocycles. The van der Waals surface area contributed by atoms with Crippen LogP contribution in [-0.2, 0) is 19.5 Å². The summed E-state index contributed by atoms with van der Waals surface area (Å²) >= 11 is 1.79. The second kappa shape index (κ2) is 5.55. The number of aryl methyl sites for hydroxylation is 1. The average molecular weight is 271 g/mol. The molecular formula is C15H17N3S. The first-order valence-corrected chi connectivity index (χ1v) is 7.37. The molecule has 3 rings (SSSR count). The molecule has 0 aliphatic rings. The summed E-state index contributed by atoms with van der Waals surface area (Å²) in [6.07, 6.45) is 5.03. The molecule has 0 unspecified atom stereocenters. The van der Waals surface area contributed by atoms with Gasteiger partial charge in [0.2, 0.25) is 0 Å². The lowest BCUT2D eigenvalue weighted by Crippen LogP contribution is -2.12. The average Bonchev–Trinajstić information content (AvgIpc) is 3.06. The van der Waals surface area contributed by atoms with E-state index in [9.17, 15) is 0 Å². The van der Waals surface area contributed by atoms with Crippen molar-refractivity contribution in [2.24, 2.45) is 0 Å². The predicted molar refractivity (Wildman–Crippen MR) is 80.3 cm³/mol. The Labute approximate surface area is 116 Å². The van der Waals surface area contributed by atoms with Gasteiger partial charge in [-0.1, -0.05) is 19.1 Å². The van der Waals surface area contributed by atoms with E-state index in [1.807, 2.05) is 12.4 Å². The molecule has 19 heavy (non-hydrogen) atoms. The summed E-state index contributed by atoms with van der Waals surface area (Å²) in [5, 5.41) is 5.87. The maximum Gasteiger partial charge on any atom is 0.107 e. The first kappa shape index (κ1) is 12.4. The third-order valence-electron chi connectivity index (χ3n) is 3.17. The van der Waals surface area contributed by atoms with E-state index in [0.717, 1.165) is 24.5 Å². The van der Waals surface area contributed by atoms with Gasteiger partial charge in [0.25, 0.3) is 0 Å². The van der Waals surface area contributed by atoms with Crippen LogP contribution >= 0.6 is 11.3 Å². The van der Waals surface area contributed by atoms with Crippen LogP contribution in [0, 0.1) is 0 Å². The van der Waals surface area contributed by atoms with Gasteiger partial charge >= 0.3 is 0 Å². The Morgan fingerprint density at radius 2 is 2.21 bits per heavy atom. The number of nitrogens with one attached hydrogen (secondary N) is 2. The molecule has 0 aliphatic heterocycles. The Balaban J connectivity index is 1.59. The number of aromatic nitrogens is 2. The van der Waals surface area contributed by atoms with Crippen LogP contribution < -0.4 is 5.32 Å². The van der Waals surface area contributed by atoms with Crippen molar-refractivity contribution in [3.8, 4) is 0 Å². The Kier molecular flexibility index (Phi) is 3.62. The summed E-state index contributed by atoms with van der Waals surface area (Å²) < 4.78 is 0. The quantitative estimate of drug-likeness (QED) is 0.746. The van der Waals surface area contributed by atoms with Crippen LogP contribution in [0.1, 0.15) is 22.4 Å². The highest BCUT2D eigenvalue weighted by Crippen LogP contribution is 2.15. The standard InChI is InChI=1S/C15H17N3S/c1-2-13-9-18-15(19-13)10-16-8-11-3-4-12-5-6-17-14(12)7-11/h3-7,9,16-17H,2,8,10H2,1H3. The highest BCUT2D eigenvalue weighted by atomic mass is 32.1. The number of hydrogen-bond donors (Lipinski definition) is 2. The van der Waals surface area contributed by atoms with Crippen LogP contribution in [0.4, 0.5) is 0 Å². The van der Waals surface area contributed by atoms with Crippen LogP contribution in [0.25, 0.3) is 10.9 Å². The molecule has 2 aromatic heterocycles. The van der Waals surface area contributed by atoms with Gasteiger partial charge in [-0.05, 0) is 29.5 Å². The van der Waals surface area contributed by atoms with E-state index in [4.69, 9.17) is 0 Å². The van der Waals surface area contributed by atoms with Crippen molar-refractivity contribution in [2.45, 2.75) is 26.4 Å². The van der Waals surface area contributed by atoms with Gasteiger partial charge in [-0.25, -0.2) is 4.98 Å². The van der Waals surface area contributed by atoms with Gasteiger partial charge in [0.05, 0.1) is 0 Å². The van der Waals surface area contributed by atoms with Gasteiger partial charge in [0, 0.05) is 35.9 Å². The third-order valence-corrected chi connectivity index (χ3v) is 4.32. The zero-order valence-electron chi connectivity index (χ0n) is 10.9. The Hall–Kier alpha value is -1.65. The van der Waals surface area contributed by atoms with Crippen LogP contribution in [0.2, 0.25) is 0 Å². The first-order valence-electron chi connectivity index (χ1n) is 6.55. The van der Waals surface area contributed by atoms with E-state index in [1.165, 1.54) is 21.3 Å². The van der Waals surface area contributed by atoms with E-state index >= 15 is 0 Å². The second-order valence-corrected chi connectivity index (χ2v) is 5.78. The number of thiazole rings is 1. The molecule has 0 amide bonds. The Bertz CT molecular complexity index is 669. The van der Waals surface area contributed by atoms with Gasteiger partial charge in [-0.15, -0.1) is 11.3 Å². The fourth-order valence-corrected chi connectivity index (χ4v) is 2.94. The molecule has 0 radical (unpaired) electrons. The number of fused-ring (bicyclic) bond motifs is 1. The summed E-state index contributed by atoms with van der Waals surface area (Å²) in [5.41, 5.74) is 2.49. The third kappa shape index (κ3) is 2.85. The molecule has 2 N–H and O–H groups in total. The van der Waals surface area contributed by atoms with Crippen LogP contribution in [0.3, 0.4) is 0 Å². The maximum absolute atomic E-state index is 4.41. The van der Waals surface area contributed by atoms with Crippen molar-refractivity contribution < 1.29 is 0 Å². The number of rotatable bonds is 5. The van der Waals surface area contributed by atoms with E-state index in [0.29, 0.717) is 0 Å². The summed E-state index contributed by atoms with van der Waals surface area (Å²) in [4.78, 5) is 9.00. The molecule has 0 aliphatic carbocycles. The van der Waals surface area contributed by atoms with Crippen LogP contribution in [0.15, 0.2) is 36.7 Å². The molecule has 0 atom stereocenters. The summed E-state index contributed by atoms with van der Waals surface area (Å²) in [6, 6.07) is 8.61. The number of hydrogen-bond acceptors (Lipinski definition) is 3. The van der Waals surface area contributed by atoms with Crippen LogP contribution in [-0.4, -0.2) is 9.97 Å². The van der Waals surface area contributed by atoms with Crippen LogP contribution in [0.5, 0.6) is 0 Å². The largest absolute Gasteiger partial charge is 0.361 e. The molecule has 0 bridgehead atoms. The molecule has 3 nitrogen and oxygen atoms in total. The minimum atomic E-state index is 0.841. The number of benzene rings is 1. The summed E-state index contributed by atoms with van der Waals surface area (Å²) in [6.45, 7) is 3.87. The van der Waals surface area contributed by atoms with Crippen molar-refractivity contribution >= 4 is 22.2 Å². The van der Waals surface area contributed by atoms with E-state index in [-0.39, 0.29) is 0 Å². The van der Waals surface area contributed by atoms with Gasteiger partial charge in [0.15, 0.2) is 0 Å². The lowest BCUT2D eigenvalue weighted by Gasteiger charge is -2.03. The van der Waals surface area contributed by atoms with Crippen molar-refractivity contribution in [2.75, 3.05) is 0 Å². The zero-order chi connectivity index (χ0) is 13.1. The van der Waals surface area contributed by atoms with Gasteiger partial charge in [-0.3, -0.25) is 0 Å². The molecule has 1 aromatic carbocycles. The lowest BCUT2D eigenvalue weighted by atomic mass is 10.1. The van der Waals surface area contributed by atoms with E-state index in [1.54, 1.807) is 11.3 Å². The topological polar surface area (TPSA) is 40.7 Å². The minimum Gasteiger partial charge on any atom is -0.361 e. The summed E-state index contributed by atoms with van der Waals surface area (Å²) in [7, 11) is 0. The highest BCUT2D eigenvalue weighted by Gasteiger charge is 2.01.